The Bertz CT molecular complexity index is 779. The summed E-state index contributed by atoms with van der Waals surface area (Å²) < 4.78 is 1.19. The van der Waals surface area contributed by atoms with Crippen LogP contribution in [0.1, 0.15) is 26.4 Å². The molecule has 8 nitrogen and oxygen atoms in total. The van der Waals surface area contributed by atoms with Gasteiger partial charge in [-0.05, 0) is 28.4 Å². The van der Waals surface area contributed by atoms with Gasteiger partial charge in [-0.2, -0.15) is 0 Å². The van der Waals surface area contributed by atoms with Crippen molar-refractivity contribution in [3.63, 3.8) is 0 Å². The second-order valence-corrected chi connectivity index (χ2v) is 4.94. The van der Waals surface area contributed by atoms with E-state index in [1.807, 2.05) is 0 Å². The summed E-state index contributed by atoms with van der Waals surface area (Å²) in [6.07, 6.45) is 0. The van der Waals surface area contributed by atoms with Gasteiger partial charge in [-0.25, -0.2) is 9.35 Å². The second-order valence-electron chi connectivity index (χ2n) is 4.45. The zero-order valence-electron chi connectivity index (χ0n) is 10.8. The Morgan fingerprint density at radius 3 is 2.19 bits per heavy atom. The first-order chi connectivity index (χ1) is 9.93. The number of aromatic nitrogens is 2. The molecule has 0 radical (unpaired) electrons. The minimum absolute atomic E-state index is 0.216. The molecule has 1 atom stereocenters. The average Bonchev–Trinajstić information content (AvgIpc) is 2.87. The van der Waals surface area contributed by atoms with Crippen LogP contribution in [-0.4, -0.2) is 26.3 Å². The standard InChI is InChI=1S/C12H9N4O4P/c1-6-9(16(19)20)10(13-15(6)21)14-11(17)7-4-2-3-5-8(7)12(14)18/h2-5H,21H2,1H3. The highest BCUT2D eigenvalue weighted by molar-refractivity contribution is 7.14. The van der Waals surface area contributed by atoms with Gasteiger partial charge in [0.2, 0.25) is 5.82 Å². The first kappa shape index (κ1) is 13.4. The van der Waals surface area contributed by atoms with Crippen LogP contribution < -0.4 is 4.90 Å². The molecule has 1 aromatic carbocycles. The lowest BCUT2D eigenvalue weighted by atomic mass is 10.1. The molecule has 3 rings (SSSR count). The van der Waals surface area contributed by atoms with Gasteiger partial charge in [0.15, 0.2) is 0 Å². The molecule has 0 saturated carbocycles. The third kappa shape index (κ3) is 1.76. The molecule has 1 aromatic heterocycles. The maximum Gasteiger partial charge on any atom is 0.335 e. The lowest BCUT2D eigenvalue weighted by molar-refractivity contribution is -0.384. The Kier molecular flexibility index (Phi) is 2.84. The monoisotopic (exact) mass is 304 g/mol. The summed E-state index contributed by atoms with van der Waals surface area (Å²) in [7, 11) is 2.18. The van der Waals surface area contributed by atoms with Gasteiger partial charge in [0, 0.05) is 0 Å². The summed E-state index contributed by atoms with van der Waals surface area (Å²) in [5, 5.41) is 15.1. The molecule has 0 N–H and O–H groups in total. The quantitative estimate of drug-likeness (QED) is 0.363. The molecule has 2 amide bonds. The maximum absolute atomic E-state index is 12.3. The van der Waals surface area contributed by atoms with Crippen LogP contribution in [0.15, 0.2) is 24.3 Å². The van der Waals surface area contributed by atoms with Crippen molar-refractivity contribution in [3.05, 3.63) is 51.2 Å². The zero-order chi connectivity index (χ0) is 15.3. The number of carbonyl (C=O) groups excluding carboxylic acids is 2. The maximum atomic E-state index is 12.3. The summed E-state index contributed by atoms with van der Waals surface area (Å²) in [5.41, 5.74) is 0.302. The number of nitro groups is 1. The fraction of sp³-hybridized carbons (Fsp3) is 0.0833. The molecule has 0 saturated heterocycles. The Morgan fingerprint density at radius 2 is 1.71 bits per heavy atom. The lowest BCUT2D eigenvalue weighted by Gasteiger charge is -2.09. The fourth-order valence-corrected chi connectivity index (χ4v) is 2.47. The average molecular weight is 304 g/mol. The highest BCUT2D eigenvalue weighted by atomic mass is 31.0. The number of fused-ring (bicyclic) bond motifs is 1. The van der Waals surface area contributed by atoms with Crippen molar-refractivity contribution in [2.45, 2.75) is 6.92 Å². The molecule has 21 heavy (non-hydrogen) atoms. The molecule has 2 heterocycles. The normalized spacial score (nSPS) is 13.7. The van der Waals surface area contributed by atoms with Crippen molar-refractivity contribution < 1.29 is 14.5 Å². The number of benzene rings is 1. The van der Waals surface area contributed by atoms with E-state index in [2.05, 4.69) is 14.5 Å². The van der Waals surface area contributed by atoms with Crippen LogP contribution in [0.25, 0.3) is 0 Å². The summed E-state index contributed by atoms with van der Waals surface area (Å²) in [6, 6.07) is 6.26. The van der Waals surface area contributed by atoms with Crippen LogP contribution in [0.2, 0.25) is 0 Å². The molecule has 1 aliphatic heterocycles. The third-order valence-electron chi connectivity index (χ3n) is 3.29. The Hall–Kier alpha value is -2.60. The number of hydrogen-bond donors (Lipinski definition) is 0. The van der Waals surface area contributed by atoms with E-state index in [-0.39, 0.29) is 28.3 Å². The van der Waals surface area contributed by atoms with Gasteiger partial charge >= 0.3 is 5.69 Å². The first-order valence-electron chi connectivity index (χ1n) is 5.90. The van der Waals surface area contributed by atoms with Crippen LogP contribution >= 0.6 is 9.39 Å². The predicted octanol–water partition coefficient (Wildman–Crippen LogP) is 1.54. The summed E-state index contributed by atoms with van der Waals surface area (Å²) in [5.74, 6) is -1.48. The smallest absolute Gasteiger partial charge is 0.268 e. The van der Waals surface area contributed by atoms with Crippen LogP contribution in [-0.2, 0) is 0 Å². The van der Waals surface area contributed by atoms with E-state index < -0.39 is 16.7 Å². The Balaban J connectivity index is 2.20. The van der Waals surface area contributed by atoms with Crippen LogP contribution in [0, 0.1) is 17.0 Å². The van der Waals surface area contributed by atoms with E-state index in [0.29, 0.717) is 0 Å². The van der Waals surface area contributed by atoms with E-state index in [0.717, 1.165) is 4.90 Å². The third-order valence-corrected chi connectivity index (χ3v) is 3.79. The number of hydrogen-bond acceptors (Lipinski definition) is 5. The number of carbonyl (C=O) groups is 2. The van der Waals surface area contributed by atoms with E-state index >= 15 is 0 Å². The van der Waals surface area contributed by atoms with Crippen molar-refractivity contribution in [2.24, 2.45) is 0 Å². The molecular weight excluding hydrogens is 295 g/mol. The molecule has 0 bridgehead atoms. The van der Waals surface area contributed by atoms with Gasteiger partial charge in [0.1, 0.15) is 5.69 Å². The molecule has 0 spiro atoms. The van der Waals surface area contributed by atoms with E-state index in [1.54, 1.807) is 12.1 Å². The Labute approximate surface area is 120 Å². The van der Waals surface area contributed by atoms with Crippen LogP contribution in [0.5, 0.6) is 0 Å². The molecule has 0 aliphatic carbocycles. The number of imide groups is 1. The van der Waals surface area contributed by atoms with Gasteiger partial charge in [-0.1, -0.05) is 12.1 Å². The van der Waals surface area contributed by atoms with Crippen molar-refractivity contribution in [2.75, 3.05) is 4.90 Å². The van der Waals surface area contributed by atoms with Crippen molar-refractivity contribution in [1.82, 2.24) is 9.55 Å². The minimum Gasteiger partial charge on any atom is -0.268 e. The Morgan fingerprint density at radius 1 is 1.19 bits per heavy atom. The molecule has 9 heteroatoms. The summed E-state index contributed by atoms with van der Waals surface area (Å²) in [6.45, 7) is 1.49. The number of anilines is 1. The van der Waals surface area contributed by atoms with Crippen molar-refractivity contribution in [1.29, 1.82) is 0 Å². The van der Waals surface area contributed by atoms with Gasteiger partial charge in [-0.3, -0.25) is 19.7 Å². The number of amides is 2. The molecular formula is C12H9N4O4P. The summed E-state index contributed by atoms with van der Waals surface area (Å²) in [4.78, 5) is 35.9. The summed E-state index contributed by atoms with van der Waals surface area (Å²) >= 11 is 0. The SMILES string of the molecule is Cc1c([N+](=O)[O-])c(N2C(=O)c3ccccc3C2=O)nn1P. The molecule has 2 aromatic rings. The van der Waals surface area contributed by atoms with E-state index in [4.69, 9.17) is 0 Å². The molecule has 1 aliphatic rings. The largest absolute Gasteiger partial charge is 0.335 e. The highest BCUT2D eigenvalue weighted by Gasteiger charge is 2.42. The minimum atomic E-state index is -0.651. The highest BCUT2D eigenvalue weighted by Crippen LogP contribution is 2.36. The lowest BCUT2D eigenvalue weighted by Crippen LogP contribution is -2.30. The van der Waals surface area contributed by atoms with Gasteiger partial charge in [0.05, 0.1) is 16.1 Å². The fourth-order valence-electron chi connectivity index (χ4n) is 2.24. The molecule has 0 fully saturated rings. The number of nitrogens with zero attached hydrogens (tertiary/aromatic N) is 4. The van der Waals surface area contributed by atoms with Crippen molar-refractivity contribution in [3.8, 4) is 0 Å². The van der Waals surface area contributed by atoms with Gasteiger partial charge in [0.25, 0.3) is 11.8 Å². The van der Waals surface area contributed by atoms with Crippen molar-refractivity contribution >= 4 is 32.7 Å². The molecule has 1 unspecified atom stereocenters. The predicted molar refractivity (Wildman–Crippen MR) is 76.3 cm³/mol. The van der Waals surface area contributed by atoms with Crippen LogP contribution in [0.4, 0.5) is 11.5 Å². The van der Waals surface area contributed by atoms with Crippen LogP contribution in [0.3, 0.4) is 0 Å². The molecule has 106 valence electrons. The zero-order valence-corrected chi connectivity index (χ0v) is 12.0. The number of rotatable bonds is 2. The topological polar surface area (TPSA) is 98.3 Å². The first-order valence-corrected chi connectivity index (χ1v) is 6.42. The second kappa shape index (κ2) is 4.46. The van der Waals surface area contributed by atoms with Gasteiger partial charge < -0.3 is 0 Å². The van der Waals surface area contributed by atoms with E-state index in [9.17, 15) is 19.7 Å². The van der Waals surface area contributed by atoms with E-state index in [1.165, 1.54) is 23.5 Å². The van der Waals surface area contributed by atoms with Gasteiger partial charge in [-0.15, -0.1) is 5.10 Å².